The summed E-state index contributed by atoms with van der Waals surface area (Å²) >= 11 is 0. The van der Waals surface area contributed by atoms with Gasteiger partial charge >= 0.3 is 0 Å². The molecule has 0 fully saturated rings. The number of carbonyl (C=O) groups is 2. The summed E-state index contributed by atoms with van der Waals surface area (Å²) in [5.41, 5.74) is 2.54. The molecule has 0 heterocycles. The SMILES string of the molecule is CCN(CC)Cc1ccccc1CNC(=O)CNC(=O)c1cc(OC)c(OC)c(OC)c1. The number of hydrogen-bond donors (Lipinski definition) is 2. The van der Waals surface area contributed by atoms with Gasteiger partial charge in [0, 0.05) is 18.7 Å². The Labute approximate surface area is 189 Å². The Morgan fingerprint density at radius 2 is 1.47 bits per heavy atom. The first-order valence-electron chi connectivity index (χ1n) is 10.6. The van der Waals surface area contributed by atoms with E-state index in [0.29, 0.717) is 29.4 Å². The lowest BCUT2D eigenvalue weighted by Gasteiger charge is -2.20. The van der Waals surface area contributed by atoms with Gasteiger partial charge < -0.3 is 24.8 Å². The molecular weight excluding hydrogens is 410 g/mol. The van der Waals surface area contributed by atoms with Crippen molar-refractivity contribution in [1.29, 1.82) is 0 Å². The number of amides is 2. The van der Waals surface area contributed by atoms with Crippen LogP contribution in [0.25, 0.3) is 0 Å². The molecule has 174 valence electrons. The summed E-state index contributed by atoms with van der Waals surface area (Å²) in [7, 11) is 4.44. The van der Waals surface area contributed by atoms with Crippen molar-refractivity contribution in [3.05, 3.63) is 53.1 Å². The molecule has 32 heavy (non-hydrogen) atoms. The molecule has 0 saturated carbocycles. The first-order chi connectivity index (χ1) is 15.5. The van der Waals surface area contributed by atoms with Crippen LogP contribution in [0.1, 0.15) is 35.3 Å². The molecule has 0 bridgehead atoms. The molecule has 0 atom stereocenters. The first-order valence-corrected chi connectivity index (χ1v) is 10.6. The number of ether oxygens (including phenoxy) is 3. The van der Waals surface area contributed by atoms with E-state index in [9.17, 15) is 9.59 Å². The standard InChI is InChI=1S/C24H33N3O5/c1-6-27(7-2)16-18-11-9-8-10-17(18)14-25-22(28)15-26-24(29)19-12-20(30-3)23(32-5)21(13-19)31-4/h8-13H,6-7,14-16H2,1-5H3,(H,25,28)(H,26,29). The van der Waals surface area contributed by atoms with E-state index in [4.69, 9.17) is 14.2 Å². The molecule has 2 N–H and O–H groups in total. The molecule has 2 aromatic carbocycles. The van der Waals surface area contributed by atoms with Crippen LogP contribution < -0.4 is 24.8 Å². The number of rotatable bonds is 12. The van der Waals surface area contributed by atoms with Crippen molar-refractivity contribution in [3.8, 4) is 17.2 Å². The third-order valence-corrected chi connectivity index (χ3v) is 5.22. The maximum atomic E-state index is 12.6. The third kappa shape index (κ3) is 6.62. The van der Waals surface area contributed by atoms with E-state index in [1.54, 1.807) is 0 Å². The molecule has 8 heteroatoms. The summed E-state index contributed by atoms with van der Waals surface area (Å²) in [4.78, 5) is 27.2. The maximum Gasteiger partial charge on any atom is 0.251 e. The van der Waals surface area contributed by atoms with Gasteiger partial charge in [-0.2, -0.15) is 0 Å². The van der Waals surface area contributed by atoms with E-state index in [1.807, 2.05) is 18.2 Å². The Kier molecular flexibility index (Phi) is 9.81. The molecular formula is C24H33N3O5. The zero-order valence-electron chi connectivity index (χ0n) is 19.5. The predicted molar refractivity (Wildman–Crippen MR) is 123 cm³/mol. The van der Waals surface area contributed by atoms with E-state index in [1.165, 1.54) is 39.0 Å². The lowest BCUT2D eigenvalue weighted by Crippen LogP contribution is -2.36. The highest BCUT2D eigenvalue weighted by molar-refractivity contribution is 5.97. The lowest BCUT2D eigenvalue weighted by atomic mass is 10.1. The number of methoxy groups -OCH3 is 3. The summed E-state index contributed by atoms with van der Waals surface area (Å²) in [5.74, 6) is 0.440. The topological polar surface area (TPSA) is 89.1 Å². The first kappa shape index (κ1) is 25.0. The molecule has 2 aromatic rings. The Hall–Kier alpha value is -3.26. The zero-order valence-corrected chi connectivity index (χ0v) is 19.5. The van der Waals surface area contributed by atoms with Gasteiger partial charge in [0.25, 0.3) is 5.91 Å². The quantitative estimate of drug-likeness (QED) is 0.524. The van der Waals surface area contributed by atoms with Crippen molar-refractivity contribution in [3.63, 3.8) is 0 Å². The number of nitrogens with one attached hydrogen (secondary N) is 2. The average molecular weight is 444 g/mol. The highest BCUT2D eigenvalue weighted by Crippen LogP contribution is 2.38. The molecule has 0 saturated heterocycles. The Bertz CT molecular complexity index is 887. The van der Waals surface area contributed by atoms with Crippen LogP contribution in [0.2, 0.25) is 0 Å². The van der Waals surface area contributed by atoms with Gasteiger partial charge in [0.05, 0.1) is 27.9 Å². The van der Waals surface area contributed by atoms with E-state index in [0.717, 1.165) is 25.2 Å². The molecule has 0 radical (unpaired) electrons. The van der Waals surface area contributed by atoms with Crippen LogP contribution in [-0.4, -0.2) is 57.7 Å². The van der Waals surface area contributed by atoms with Crippen LogP contribution in [0.5, 0.6) is 17.2 Å². The van der Waals surface area contributed by atoms with Gasteiger partial charge in [-0.3, -0.25) is 14.5 Å². The zero-order chi connectivity index (χ0) is 23.5. The molecule has 2 amide bonds. The summed E-state index contributed by atoms with van der Waals surface area (Å²) in [6.45, 7) is 7.27. The van der Waals surface area contributed by atoms with Gasteiger partial charge in [-0.15, -0.1) is 0 Å². The van der Waals surface area contributed by atoms with E-state index >= 15 is 0 Å². The van der Waals surface area contributed by atoms with Gasteiger partial charge in [0.15, 0.2) is 11.5 Å². The number of nitrogens with zero attached hydrogens (tertiary/aromatic N) is 1. The molecule has 0 unspecified atom stereocenters. The highest BCUT2D eigenvalue weighted by Gasteiger charge is 2.17. The molecule has 0 aliphatic rings. The fourth-order valence-electron chi connectivity index (χ4n) is 3.30. The maximum absolute atomic E-state index is 12.6. The highest BCUT2D eigenvalue weighted by atomic mass is 16.5. The predicted octanol–water partition coefficient (Wildman–Crippen LogP) is 2.60. The summed E-state index contributed by atoms with van der Waals surface area (Å²) in [6, 6.07) is 11.1. The van der Waals surface area contributed by atoms with Gasteiger partial charge in [0.1, 0.15) is 0 Å². The van der Waals surface area contributed by atoms with Gasteiger partial charge in [0.2, 0.25) is 11.7 Å². The Balaban J connectivity index is 1.96. The fourth-order valence-corrected chi connectivity index (χ4v) is 3.30. The van der Waals surface area contributed by atoms with E-state index < -0.39 is 5.91 Å². The largest absolute Gasteiger partial charge is 0.493 e. The average Bonchev–Trinajstić information content (AvgIpc) is 2.83. The Morgan fingerprint density at radius 1 is 0.875 bits per heavy atom. The molecule has 0 aliphatic heterocycles. The van der Waals surface area contributed by atoms with Crippen molar-refractivity contribution in [2.45, 2.75) is 26.9 Å². The molecule has 8 nitrogen and oxygen atoms in total. The summed E-state index contributed by atoms with van der Waals surface area (Å²) < 4.78 is 15.8. The van der Waals surface area contributed by atoms with Gasteiger partial charge in [-0.25, -0.2) is 0 Å². The van der Waals surface area contributed by atoms with Gasteiger partial charge in [-0.1, -0.05) is 38.1 Å². The van der Waals surface area contributed by atoms with Crippen LogP contribution in [0.15, 0.2) is 36.4 Å². The van der Waals surface area contributed by atoms with Crippen molar-refractivity contribution in [1.82, 2.24) is 15.5 Å². The second-order valence-electron chi connectivity index (χ2n) is 7.10. The lowest BCUT2D eigenvalue weighted by molar-refractivity contribution is -0.120. The van der Waals surface area contributed by atoms with Crippen molar-refractivity contribution in [2.75, 3.05) is 41.0 Å². The monoisotopic (exact) mass is 443 g/mol. The van der Waals surface area contributed by atoms with Crippen LogP contribution in [0.3, 0.4) is 0 Å². The minimum atomic E-state index is -0.415. The van der Waals surface area contributed by atoms with Crippen molar-refractivity contribution < 1.29 is 23.8 Å². The van der Waals surface area contributed by atoms with Crippen LogP contribution in [0, 0.1) is 0 Å². The van der Waals surface area contributed by atoms with Crippen molar-refractivity contribution >= 4 is 11.8 Å². The summed E-state index contributed by atoms with van der Waals surface area (Å²) in [6.07, 6.45) is 0. The second-order valence-corrected chi connectivity index (χ2v) is 7.10. The molecule has 0 aliphatic carbocycles. The number of hydrogen-bond acceptors (Lipinski definition) is 6. The smallest absolute Gasteiger partial charge is 0.251 e. The van der Waals surface area contributed by atoms with Crippen LogP contribution >= 0.6 is 0 Å². The molecule has 0 aromatic heterocycles. The van der Waals surface area contributed by atoms with Crippen LogP contribution in [-0.2, 0) is 17.9 Å². The van der Waals surface area contributed by atoms with E-state index in [2.05, 4.69) is 35.4 Å². The minimum absolute atomic E-state index is 0.145. The number of carbonyl (C=O) groups excluding carboxylic acids is 2. The Morgan fingerprint density at radius 3 is 2.00 bits per heavy atom. The van der Waals surface area contributed by atoms with Crippen LogP contribution in [0.4, 0.5) is 0 Å². The third-order valence-electron chi connectivity index (χ3n) is 5.22. The minimum Gasteiger partial charge on any atom is -0.493 e. The summed E-state index contributed by atoms with van der Waals surface area (Å²) in [5, 5.41) is 5.51. The number of benzene rings is 2. The van der Waals surface area contributed by atoms with Crippen molar-refractivity contribution in [2.24, 2.45) is 0 Å². The normalized spacial score (nSPS) is 10.6. The van der Waals surface area contributed by atoms with E-state index in [-0.39, 0.29) is 12.5 Å². The second kappa shape index (κ2) is 12.6. The fraction of sp³-hybridized carbons (Fsp3) is 0.417. The molecule has 2 rings (SSSR count). The van der Waals surface area contributed by atoms with Gasteiger partial charge in [-0.05, 0) is 36.3 Å². The molecule has 0 spiro atoms.